The molecule has 4 rings (SSSR count). The predicted octanol–water partition coefficient (Wildman–Crippen LogP) is 3.75. The number of nitrogens with zero attached hydrogens (tertiary/aromatic N) is 3. The Bertz CT molecular complexity index is 829. The van der Waals surface area contributed by atoms with Crippen molar-refractivity contribution in [2.75, 3.05) is 13.1 Å². The van der Waals surface area contributed by atoms with Gasteiger partial charge in [-0.3, -0.25) is 4.79 Å². The molecule has 1 aliphatic rings. The van der Waals surface area contributed by atoms with Crippen LogP contribution in [-0.2, 0) is 11.2 Å². The molecule has 0 bridgehead atoms. The Balaban J connectivity index is 1.43. The van der Waals surface area contributed by atoms with Crippen molar-refractivity contribution < 1.29 is 9.21 Å². The third kappa shape index (κ3) is 3.64. The van der Waals surface area contributed by atoms with Crippen LogP contribution in [0.2, 0.25) is 0 Å². The van der Waals surface area contributed by atoms with Gasteiger partial charge in [-0.1, -0.05) is 30.3 Å². The molecule has 1 aromatic carbocycles. The summed E-state index contributed by atoms with van der Waals surface area (Å²) in [5.41, 5.74) is 2.00. The Morgan fingerprint density at radius 1 is 1.24 bits per heavy atom. The second-order valence-electron chi connectivity index (χ2n) is 6.30. The van der Waals surface area contributed by atoms with Gasteiger partial charge in [-0.05, 0) is 29.9 Å². The quantitative estimate of drug-likeness (QED) is 0.717. The van der Waals surface area contributed by atoms with E-state index in [2.05, 4.69) is 10.2 Å². The molecule has 128 valence electrons. The minimum Gasteiger partial charge on any atom is -0.420 e. The molecule has 1 saturated heterocycles. The van der Waals surface area contributed by atoms with Gasteiger partial charge in [0.05, 0.1) is 12.3 Å². The van der Waals surface area contributed by atoms with E-state index >= 15 is 0 Å². The van der Waals surface area contributed by atoms with Gasteiger partial charge in [0, 0.05) is 24.0 Å². The number of carbonyl (C=O) groups is 1. The van der Waals surface area contributed by atoms with Crippen LogP contribution in [-0.4, -0.2) is 34.1 Å². The SMILES string of the molecule is O=C(Cc1ccccc1)N1CCCC(c2nnc(-c3ccsc3)o2)C1. The predicted molar refractivity (Wildman–Crippen MR) is 96.3 cm³/mol. The average Bonchev–Trinajstić information content (AvgIpc) is 3.34. The van der Waals surface area contributed by atoms with Gasteiger partial charge in [-0.25, -0.2) is 0 Å². The fraction of sp³-hybridized carbons (Fsp3) is 0.316. The van der Waals surface area contributed by atoms with Crippen LogP contribution in [0, 0.1) is 0 Å². The number of amides is 1. The van der Waals surface area contributed by atoms with E-state index < -0.39 is 0 Å². The van der Waals surface area contributed by atoms with E-state index in [9.17, 15) is 4.79 Å². The van der Waals surface area contributed by atoms with Crippen molar-refractivity contribution in [3.8, 4) is 11.5 Å². The maximum atomic E-state index is 12.6. The van der Waals surface area contributed by atoms with Gasteiger partial charge in [0.1, 0.15) is 0 Å². The van der Waals surface area contributed by atoms with Crippen molar-refractivity contribution in [3.05, 3.63) is 58.6 Å². The standard InChI is InChI=1S/C19H19N3O2S/c23-17(11-14-5-2-1-3-6-14)22-9-4-7-15(12-22)18-20-21-19(24-18)16-8-10-25-13-16/h1-3,5-6,8,10,13,15H,4,7,9,11-12H2. The maximum absolute atomic E-state index is 12.6. The molecule has 0 N–H and O–H groups in total. The molecule has 0 radical (unpaired) electrons. The summed E-state index contributed by atoms with van der Waals surface area (Å²) < 4.78 is 5.86. The van der Waals surface area contributed by atoms with Crippen LogP contribution in [0.25, 0.3) is 11.5 Å². The van der Waals surface area contributed by atoms with Gasteiger partial charge in [0.25, 0.3) is 0 Å². The molecule has 0 aliphatic carbocycles. The van der Waals surface area contributed by atoms with E-state index in [1.807, 2.05) is 52.1 Å². The van der Waals surface area contributed by atoms with Crippen LogP contribution in [0.3, 0.4) is 0 Å². The summed E-state index contributed by atoms with van der Waals surface area (Å²) in [4.78, 5) is 14.5. The van der Waals surface area contributed by atoms with Crippen LogP contribution >= 0.6 is 11.3 Å². The molecule has 2 aromatic heterocycles. The topological polar surface area (TPSA) is 59.2 Å². The lowest BCUT2D eigenvalue weighted by Crippen LogP contribution is -2.40. The van der Waals surface area contributed by atoms with E-state index in [-0.39, 0.29) is 11.8 Å². The van der Waals surface area contributed by atoms with Gasteiger partial charge in [-0.2, -0.15) is 11.3 Å². The Hall–Kier alpha value is -2.47. The molecule has 1 amide bonds. The van der Waals surface area contributed by atoms with E-state index in [0.717, 1.165) is 30.5 Å². The van der Waals surface area contributed by atoms with Crippen LogP contribution in [0.4, 0.5) is 0 Å². The highest BCUT2D eigenvalue weighted by molar-refractivity contribution is 7.08. The van der Waals surface area contributed by atoms with Crippen molar-refractivity contribution in [2.45, 2.75) is 25.2 Å². The number of carbonyl (C=O) groups excluding carboxylic acids is 1. The molecular weight excluding hydrogens is 334 g/mol. The fourth-order valence-electron chi connectivity index (χ4n) is 3.19. The van der Waals surface area contributed by atoms with Gasteiger partial charge >= 0.3 is 0 Å². The Kier molecular flexibility index (Phi) is 4.61. The zero-order valence-corrected chi connectivity index (χ0v) is 14.6. The molecule has 5 nitrogen and oxygen atoms in total. The van der Waals surface area contributed by atoms with Crippen molar-refractivity contribution >= 4 is 17.2 Å². The highest BCUT2D eigenvalue weighted by Gasteiger charge is 2.28. The Morgan fingerprint density at radius 2 is 2.12 bits per heavy atom. The second kappa shape index (κ2) is 7.19. The van der Waals surface area contributed by atoms with Gasteiger partial charge in [-0.15, -0.1) is 10.2 Å². The molecule has 25 heavy (non-hydrogen) atoms. The number of hydrogen-bond donors (Lipinski definition) is 0. The fourth-order valence-corrected chi connectivity index (χ4v) is 3.82. The molecule has 1 atom stereocenters. The normalized spacial score (nSPS) is 17.6. The van der Waals surface area contributed by atoms with Crippen LogP contribution in [0.15, 0.2) is 51.6 Å². The van der Waals surface area contributed by atoms with E-state index in [1.54, 1.807) is 11.3 Å². The number of hydrogen-bond acceptors (Lipinski definition) is 5. The number of benzene rings is 1. The summed E-state index contributed by atoms with van der Waals surface area (Å²) in [6, 6.07) is 11.8. The second-order valence-corrected chi connectivity index (χ2v) is 7.08. The molecule has 1 unspecified atom stereocenters. The smallest absolute Gasteiger partial charge is 0.248 e. The maximum Gasteiger partial charge on any atom is 0.248 e. The van der Waals surface area contributed by atoms with Crippen molar-refractivity contribution in [2.24, 2.45) is 0 Å². The van der Waals surface area contributed by atoms with Crippen LogP contribution in [0.1, 0.15) is 30.2 Å². The highest BCUT2D eigenvalue weighted by Crippen LogP contribution is 2.29. The number of aromatic nitrogens is 2. The molecule has 1 aliphatic heterocycles. The summed E-state index contributed by atoms with van der Waals surface area (Å²) in [6.45, 7) is 1.45. The molecule has 0 saturated carbocycles. The number of rotatable bonds is 4. The molecule has 3 heterocycles. The van der Waals surface area contributed by atoms with E-state index in [0.29, 0.717) is 24.7 Å². The van der Waals surface area contributed by atoms with Crippen molar-refractivity contribution in [1.29, 1.82) is 0 Å². The highest BCUT2D eigenvalue weighted by atomic mass is 32.1. The number of likely N-dealkylation sites (tertiary alicyclic amines) is 1. The zero-order chi connectivity index (χ0) is 17.1. The summed E-state index contributed by atoms with van der Waals surface area (Å²) in [7, 11) is 0. The lowest BCUT2D eigenvalue weighted by molar-refractivity contribution is -0.131. The summed E-state index contributed by atoms with van der Waals surface area (Å²) >= 11 is 1.60. The van der Waals surface area contributed by atoms with Crippen molar-refractivity contribution in [1.82, 2.24) is 15.1 Å². The molecular formula is C19H19N3O2S. The lowest BCUT2D eigenvalue weighted by Gasteiger charge is -2.31. The first-order valence-electron chi connectivity index (χ1n) is 8.47. The third-order valence-electron chi connectivity index (χ3n) is 4.53. The Labute approximate surface area is 150 Å². The first kappa shape index (κ1) is 16.0. The van der Waals surface area contributed by atoms with Gasteiger partial charge in [0.15, 0.2) is 0 Å². The van der Waals surface area contributed by atoms with E-state index in [4.69, 9.17) is 4.42 Å². The first-order chi connectivity index (χ1) is 12.3. The number of thiophene rings is 1. The monoisotopic (exact) mass is 353 g/mol. The van der Waals surface area contributed by atoms with Gasteiger partial charge < -0.3 is 9.32 Å². The largest absolute Gasteiger partial charge is 0.420 e. The minimum atomic E-state index is 0.119. The Morgan fingerprint density at radius 3 is 2.92 bits per heavy atom. The van der Waals surface area contributed by atoms with Crippen LogP contribution in [0.5, 0.6) is 0 Å². The molecule has 0 spiro atoms. The zero-order valence-electron chi connectivity index (χ0n) is 13.8. The first-order valence-corrected chi connectivity index (χ1v) is 9.41. The third-order valence-corrected chi connectivity index (χ3v) is 5.21. The van der Waals surface area contributed by atoms with E-state index in [1.165, 1.54) is 0 Å². The summed E-state index contributed by atoms with van der Waals surface area (Å²) in [6.07, 6.45) is 2.37. The molecule has 6 heteroatoms. The minimum absolute atomic E-state index is 0.119. The molecule has 1 fully saturated rings. The number of piperidine rings is 1. The van der Waals surface area contributed by atoms with Gasteiger partial charge in [0.2, 0.25) is 17.7 Å². The average molecular weight is 353 g/mol. The summed E-state index contributed by atoms with van der Waals surface area (Å²) in [5, 5.41) is 12.4. The summed E-state index contributed by atoms with van der Waals surface area (Å²) in [5.74, 6) is 1.48. The van der Waals surface area contributed by atoms with Crippen LogP contribution < -0.4 is 0 Å². The van der Waals surface area contributed by atoms with Crippen molar-refractivity contribution in [3.63, 3.8) is 0 Å². The molecule has 3 aromatic rings. The lowest BCUT2D eigenvalue weighted by atomic mass is 9.97.